The lowest BCUT2D eigenvalue weighted by molar-refractivity contribution is 0.0950. The van der Waals surface area contributed by atoms with E-state index in [-0.39, 0.29) is 5.91 Å². The number of benzene rings is 2. The Kier molecular flexibility index (Phi) is 4.78. The molecule has 3 aromatic rings. The van der Waals surface area contributed by atoms with Crippen LogP contribution in [0.2, 0.25) is 0 Å². The third-order valence-corrected chi connectivity index (χ3v) is 4.33. The zero-order valence-corrected chi connectivity index (χ0v) is 13.6. The molecule has 2 aromatic carbocycles. The van der Waals surface area contributed by atoms with Crippen LogP contribution in [-0.4, -0.2) is 22.0 Å². The van der Waals surface area contributed by atoms with Crippen LogP contribution in [0.4, 0.5) is 0 Å². The zero-order chi connectivity index (χ0) is 16.1. The fourth-order valence-electron chi connectivity index (χ4n) is 2.28. The Balaban J connectivity index is 1.66. The minimum absolute atomic E-state index is 0.176. The first-order valence-electron chi connectivity index (χ1n) is 7.45. The van der Waals surface area contributed by atoms with Crippen molar-refractivity contribution in [2.75, 3.05) is 6.54 Å². The molecule has 1 aromatic heterocycles. The van der Waals surface area contributed by atoms with E-state index in [2.05, 4.69) is 14.9 Å². The normalized spacial score (nSPS) is 10.5. The minimum Gasteiger partial charge on any atom is -0.350 e. The van der Waals surface area contributed by atoms with Crippen LogP contribution >= 0.6 is 11.5 Å². The number of carbonyl (C=O) groups excluding carboxylic acids is 1. The zero-order valence-electron chi connectivity index (χ0n) is 12.8. The molecule has 0 aliphatic heterocycles. The van der Waals surface area contributed by atoms with E-state index in [1.165, 1.54) is 22.7 Å². The van der Waals surface area contributed by atoms with Crippen LogP contribution < -0.4 is 5.32 Å². The van der Waals surface area contributed by atoms with Gasteiger partial charge in [-0.3, -0.25) is 4.79 Å². The summed E-state index contributed by atoms with van der Waals surface area (Å²) >= 11 is 1.24. The van der Waals surface area contributed by atoms with Crippen molar-refractivity contribution in [1.82, 2.24) is 14.9 Å². The number of carbonyl (C=O) groups is 1. The topological polar surface area (TPSA) is 54.9 Å². The van der Waals surface area contributed by atoms with E-state index in [0.717, 1.165) is 16.9 Å². The Bertz CT molecular complexity index is 782. The first kappa shape index (κ1) is 15.4. The molecule has 0 aliphatic carbocycles. The van der Waals surface area contributed by atoms with Crippen LogP contribution in [0.1, 0.15) is 21.6 Å². The Morgan fingerprint density at radius 1 is 1.09 bits per heavy atom. The highest BCUT2D eigenvalue weighted by molar-refractivity contribution is 7.09. The van der Waals surface area contributed by atoms with Crippen molar-refractivity contribution >= 4 is 17.4 Å². The van der Waals surface area contributed by atoms with Crippen LogP contribution in [0.15, 0.2) is 54.6 Å². The van der Waals surface area contributed by atoms with Gasteiger partial charge in [0, 0.05) is 6.54 Å². The van der Waals surface area contributed by atoms with Gasteiger partial charge in [0.25, 0.3) is 5.91 Å². The molecular weight excluding hydrogens is 306 g/mol. The second-order valence-electron chi connectivity index (χ2n) is 5.31. The summed E-state index contributed by atoms with van der Waals surface area (Å²) in [6.45, 7) is 2.61. The smallest absolute Gasteiger partial charge is 0.273 e. The van der Waals surface area contributed by atoms with Crippen LogP contribution in [0.5, 0.6) is 0 Å². The Morgan fingerprint density at radius 2 is 1.83 bits per heavy atom. The molecule has 0 saturated heterocycles. The van der Waals surface area contributed by atoms with Crippen molar-refractivity contribution in [3.8, 4) is 10.4 Å². The van der Waals surface area contributed by atoms with Crippen LogP contribution in [-0.2, 0) is 6.42 Å². The molecule has 1 N–H and O–H groups in total. The molecule has 0 unspecified atom stereocenters. The van der Waals surface area contributed by atoms with Crippen molar-refractivity contribution in [3.63, 3.8) is 0 Å². The van der Waals surface area contributed by atoms with Gasteiger partial charge in [0.05, 0.1) is 4.88 Å². The average Bonchev–Trinajstić information content (AvgIpc) is 3.06. The van der Waals surface area contributed by atoms with Crippen molar-refractivity contribution in [1.29, 1.82) is 0 Å². The third-order valence-electron chi connectivity index (χ3n) is 3.56. The van der Waals surface area contributed by atoms with Crippen molar-refractivity contribution < 1.29 is 4.79 Å². The summed E-state index contributed by atoms with van der Waals surface area (Å²) in [6.07, 6.45) is 0.796. The number of nitrogens with zero attached hydrogens (tertiary/aromatic N) is 2. The molecular formula is C18H17N3OS. The number of hydrogen-bond acceptors (Lipinski definition) is 4. The molecule has 0 atom stereocenters. The van der Waals surface area contributed by atoms with E-state index in [0.29, 0.717) is 12.2 Å². The predicted octanol–water partition coefficient (Wildman–Crippen LogP) is 3.49. The van der Waals surface area contributed by atoms with Crippen LogP contribution in [0, 0.1) is 6.92 Å². The van der Waals surface area contributed by atoms with Gasteiger partial charge in [-0.15, -0.1) is 5.10 Å². The third kappa shape index (κ3) is 3.81. The fourth-order valence-corrected chi connectivity index (χ4v) is 2.95. The van der Waals surface area contributed by atoms with Crippen molar-refractivity contribution in [2.24, 2.45) is 0 Å². The number of hydrogen-bond donors (Lipinski definition) is 1. The minimum atomic E-state index is -0.176. The summed E-state index contributed by atoms with van der Waals surface area (Å²) < 4.78 is 3.94. The van der Waals surface area contributed by atoms with E-state index in [1.54, 1.807) is 0 Å². The Hall–Kier alpha value is -2.53. The lowest BCUT2D eigenvalue weighted by atomic mass is 10.1. The number of aromatic nitrogens is 2. The van der Waals surface area contributed by atoms with Crippen molar-refractivity contribution in [3.05, 3.63) is 71.4 Å². The largest absolute Gasteiger partial charge is 0.350 e. The van der Waals surface area contributed by atoms with Gasteiger partial charge < -0.3 is 5.32 Å². The number of nitrogens with one attached hydrogen (secondary N) is 1. The summed E-state index contributed by atoms with van der Waals surface area (Å²) in [6, 6.07) is 18.1. The Labute approximate surface area is 139 Å². The molecule has 4 nitrogen and oxygen atoms in total. The van der Waals surface area contributed by atoms with Gasteiger partial charge in [-0.25, -0.2) is 0 Å². The predicted molar refractivity (Wildman–Crippen MR) is 92.6 cm³/mol. The average molecular weight is 323 g/mol. The molecule has 3 rings (SSSR count). The van der Waals surface area contributed by atoms with Crippen molar-refractivity contribution in [2.45, 2.75) is 13.3 Å². The maximum Gasteiger partial charge on any atom is 0.273 e. The van der Waals surface area contributed by atoms with Gasteiger partial charge in [-0.1, -0.05) is 64.6 Å². The molecule has 116 valence electrons. The standard InChI is InChI=1S/C18H17N3OS/c1-13-7-9-15(10-8-13)17-16(20-21-23-17)18(22)19-12-11-14-5-3-2-4-6-14/h2-10H,11-12H2,1H3,(H,19,22). The fraction of sp³-hybridized carbons (Fsp3) is 0.167. The van der Waals surface area contributed by atoms with E-state index >= 15 is 0 Å². The molecule has 5 heteroatoms. The molecule has 1 heterocycles. The monoisotopic (exact) mass is 323 g/mol. The van der Waals surface area contributed by atoms with Gasteiger partial charge in [0.1, 0.15) is 0 Å². The lowest BCUT2D eigenvalue weighted by Crippen LogP contribution is -2.26. The number of aryl methyl sites for hydroxylation is 1. The summed E-state index contributed by atoms with van der Waals surface area (Å²) in [5.74, 6) is -0.176. The molecule has 0 radical (unpaired) electrons. The van der Waals surface area contributed by atoms with E-state index < -0.39 is 0 Å². The highest BCUT2D eigenvalue weighted by Crippen LogP contribution is 2.26. The molecule has 0 spiro atoms. The van der Waals surface area contributed by atoms with E-state index in [1.807, 2.05) is 61.5 Å². The SMILES string of the molecule is Cc1ccc(-c2snnc2C(=O)NCCc2ccccc2)cc1. The lowest BCUT2D eigenvalue weighted by Gasteiger charge is -2.05. The Morgan fingerprint density at radius 3 is 2.57 bits per heavy atom. The van der Waals surface area contributed by atoms with E-state index in [4.69, 9.17) is 0 Å². The first-order valence-corrected chi connectivity index (χ1v) is 8.23. The maximum absolute atomic E-state index is 12.4. The van der Waals surface area contributed by atoms with Gasteiger partial charge in [-0.05, 0) is 36.0 Å². The summed E-state index contributed by atoms with van der Waals surface area (Å²) in [5, 5.41) is 6.92. The molecule has 0 saturated carbocycles. The van der Waals surface area contributed by atoms with Gasteiger partial charge in [0.2, 0.25) is 0 Å². The maximum atomic E-state index is 12.4. The second-order valence-corrected chi connectivity index (χ2v) is 6.06. The highest BCUT2D eigenvalue weighted by atomic mass is 32.1. The summed E-state index contributed by atoms with van der Waals surface area (Å²) in [7, 11) is 0. The number of rotatable bonds is 5. The molecule has 0 bridgehead atoms. The molecule has 0 aliphatic rings. The highest BCUT2D eigenvalue weighted by Gasteiger charge is 2.17. The molecule has 1 amide bonds. The first-order chi connectivity index (χ1) is 11.2. The van der Waals surface area contributed by atoms with Gasteiger partial charge in [0.15, 0.2) is 5.69 Å². The second kappa shape index (κ2) is 7.15. The van der Waals surface area contributed by atoms with Crippen LogP contribution in [0.25, 0.3) is 10.4 Å². The van der Waals surface area contributed by atoms with E-state index in [9.17, 15) is 4.79 Å². The number of amides is 1. The molecule has 23 heavy (non-hydrogen) atoms. The molecule has 0 fully saturated rings. The van der Waals surface area contributed by atoms with Gasteiger partial charge >= 0.3 is 0 Å². The summed E-state index contributed by atoms with van der Waals surface area (Å²) in [5.41, 5.74) is 3.74. The summed E-state index contributed by atoms with van der Waals surface area (Å²) in [4.78, 5) is 13.2. The van der Waals surface area contributed by atoms with Gasteiger partial charge in [-0.2, -0.15) is 0 Å². The quantitative estimate of drug-likeness (QED) is 0.782. The van der Waals surface area contributed by atoms with Crippen LogP contribution in [0.3, 0.4) is 0 Å².